The number of carbonyl (C=O) groups excluding carboxylic acids is 2. The molecule has 3 rings (SSSR count). The highest BCUT2D eigenvalue weighted by Crippen LogP contribution is 2.51. The van der Waals surface area contributed by atoms with Gasteiger partial charge in [-0.3, -0.25) is 29.4 Å². The molecule has 0 saturated carbocycles. The Kier molecular flexibility index (Phi) is 5.68. The van der Waals surface area contributed by atoms with Crippen molar-refractivity contribution < 1.29 is 34.5 Å². The number of aromatic hydroxyl groups is 1. The summed E-state index contributed by atoms with van der Waals surface area (Å²) < 4.78 is 0.578. The Hall–Kier alpha value is -2.46. The van der Waals surface area contributed by atoms with E-state index in [1.807, 2.05) is 6.92 Å². The fourth-order valence-electron chi connectivity index (χ4n) is 4.31. The second kappa shape index (κ2) is 7.75. The molecular weight excluding hydrogens is 448 g/mol. The van der Waals surface area contributed by atoms with Crippen LogP contribution >= 0.6 is 15.9 Å². The SMILES string of the molecule is CCCCN1C(=O)C2C(c3cc(Br)ccc3O)NC(CC(=O)O)(C(=O)O)C2C1=O. The molecule has 0 spiro atoms. The molecule has 4 unspecified atom stereocenters. The van der Waals surface area contributed by atoms with Gasteiger partial charge < -0.3 is 15.3 Å². The number of fused-ring (bicyclic) bond motifs is 1. The molecule has 4 N–H and O–H groups in total. The van der Waals surface area contributed by atoms with Crippen LogP contribution in [0.25, 0.3) is 0 Å². The molecule has 156 valence electrons. The lowest BCUT2D eigenvalue weighted by Gasteiger charge is -2.29. The van der Waals surface area contributed by atoms with E-state index in [-0.39, 0.29) is 17.9 Å². The zero-order valence-corrected chi connectivity index (χ0v) is 17.2. The minimum absolute atomic E-state index is 0.140. The number of hydrogen-bond donors (Lipinski definition) is 4. The van der Waals surface area contributed by atoms with Gasteiger partial charge in [0, 0.05) is 22.6 Å². The fraction of sp³-hybridized carbons (Fsp3) is 0.474. The van der Waals surface area contributed by atoms with Crippen molar-refractivity contribution in [3.8, 4) is 5.75 Å². The van der Waals surface area contributed by atoms with Gasteiger partial charge in [-0.25, -0.2) is 0 Å². The van der Waals surface area contributed by atoms with Crippen molar-refractivity contribution in [2.45, 2.75) is 37.8 Å². The second-order valence-corrected chi connectivity index (χ2v) is 8.27. The topological polar surface area (TPSA) is 144 Å². The number of nitrogens with one attached hydrogen (secondary N) is 1. The number of unbranched alkanes of at least 4 members (excludes halogenated alkanes) is 1. The average Bonchev–Trinajstić information content (AvgIpc) is 3.10. The summed E-state index contributed by atoms with van der Waals surface area (Å²) in [6.07, 6.45) is 0.394. The van der Waals surface area contributed by atoms with Gasteiger partial charge in [0.1, 0.15) is 11.3 Å². The predicted molar refractivity (Wildman–Crippen MR) is 103 cm³/mol. The largest absolute Gasteiger partial charge is 0.508 e. The molecule has 1 aromatic carbocycles. The quantitative estimate of drug-likeness (QED) is 0.440. The summed E-state index contributed by atoms with van der Waals surface area (Å²) in [6.45, 7) is 2.03. The third-order valence-electron chi connectivity index (χ3n) is 5.62. The number of nitrogens with zero attached hydrogens (tertiary/aromatic N) is 1. The van der Waals surface area contributed by atoms with E-state index in [1.54, 1.807) is 6.07 Å². The number of carbonyl (C=O) groups is 4. The highest BCUT2D eigenvalue weighted by atomic mass is 79.9. The van der Waals surface area contributed by atoms with E-state index in [4.69, 9.17) is 0 Å². The summed E-state index contributed by atoms with van der Waals surface area (Å²) >= 11 is 3.28. The number of halogens is 1. The first-order valence-electron chi connectivity index (χ1n) is 9.20. The number of likely N-dealkylation sites (tertiary alicyclic amines) is 1. The number of phenols is 1. The van der Waals surface area contributed by atoms with Gasteiger partial charge in [-0.2, -0.15) is 0 Å². The van der Waals surface area contributed by atoms with Gasteiger partial charge in [-0.1, -0.05) is 29.3 Å². The first-order chi connectivity index (χ1) is 13.6. The van der Waals surface area contributed by atoms with Crippen LogP contribution in [0, 0.1) is 11.8 Å². The van der Waals surface area contributed by atoms with Crippen LogP contribution in [-0.4, -0.2) is 56.1 Å². The van der Waals surface area contributed by atoms with Gasteiger partial charge in [-0.15, -0.1) is 0 Å². The highest BCUT2D eigenvalue weighted by molar-refractivity contribution is 9.10. The van der Waals surface area contributed by atoms with Crippen LogP contribution in [0.4, 0.5) is 0 Å². The Morgan fingerprint density at radius 1 is 1.24 bits per heavy atom. The van der Waals surface area contributed by atoms with Crippen molar-refractivity contribution >= 4 is 39.7 Å². The van der Waals surface area contributed by atoms with Crippen LogP contribution in [0.1, 0.15) is 37.8 Å². The predicted octanol–water partition coefficient (Wildman–Crippen LogP) is 1.50. The number of carboxylic acid groups (broad SMARTS) is 2. The van der Waals surface area contributed by atoms with Crippen LogP contribution in [0.5, 0.6) is 5.75 Å². The zero-order valence-electron chi connectivity index (χ0n) is 15.6. The Balaban J connectivity index is 2.16. The van der Waals surface area contributed by atoms with Crippen molar-refractivity contribution in [3.63, 3.8) is 0 Å². The molecule has 2 saturated heterocycles. The number of aliphatic carboxylic acids is 2. The minimum Gasteiger partial charge on any atom is -0.508 e. The number of benzene rings is 1. The van der Waals surface area contributed by atoms with Gasteiger partial charge in [0.05, 0.1) is 18.3 Å². The summed E-state index contributed by atoms with van der Waals surface area (Å²) in [7, 11) is 0. The van der Waals surface area contributed by atoms with E-state index < -0.39 is 53.6 Å². The zero-order chi connectivity index (χ0) is 21.5. The van der Waals surface area contributed by atoms with Gasteiger partial charge >= 0.3 is 11.9 Å². The van der Waals surface area contributed by atoms with E-state index in [0.29, 0.717) is 10.9 Å². The molecule has 29 heavy (non-hydrogen) atoms. The summed E-state index contributed by atoms with van der Waals surface area (Å²) in [4.78, 5) is 50.9. The fourth-order valence-corrected chi connectivity index (χ4v) is 4.69. The van der Waals surface area contributed by atoms with Crippen molar-refractivity contribution in [1.29, 1.82) is 0 Å². The molecular formula is C19H21BrN2O7. The highest BCUT2D eigenvalue weighted by Gasteiger charge is 2.69. The number of phenolic OH excluding ortho intramolecular Hbond substituents is 1. The Morgan fingerprint density at radius 3 is 2.52 bits per heavy atom. The van der Waals surface area contributed by atoms with Gasteiger partial charge in [0.2, 0.25) is 11.8 Å². The molecule has 2 aliphatic heterocycles. The molecule has 2 heterocycles. The van der Waals surface area contributed by atoms with Crippen molar-refractivity contribution in [3.05, 3.63) is 28.2 Å². The van der Waals surface area contributed by atoms with Crippen LogP contribution in [0.3, 0.4) is 0 Å². The molecule has 0 aromatic heterocycles. The number of imide groups is 1. The third-order valence-corrected chi connectivity index (χ3v) is 6.11. The Bertz CT molecular complexity index is 889. The monoisotopic (exact) mass is 468 g/mol. The molecule has 0 bridgehead atoms. The maximum atomic E-state index is 13.1. The van der Waals surface area contributed by atoms with E-state index in [9.17, 15) is 34.5 Å². The molecule has 9 nitrogen and oxygen atoms in total. The summed E-state index contributed by atoms with van der Waals surface area (Å²) in [6, 6.07) is 3.44. The number of carboxylic acids is 2. The molecule has 0 radical (unpaired) electrons. The van der Waals surface area contributed by atoms with E-state index >= 15 is 0 Å². The third kappa shape index (κ3) is 3.40. The van der Waals surface area contributed by atoms with Gasteiger partial charge in [0.25, 0.3) is 0 Å². The van der Waals surface area contributed by atoms with Crippen LogP contribution < -0.4 is 5.32 Å². The van der Waals surface area contributed by atoms with Crippen LogP contribution in [0.15, 0.2) is 22.7 Å². The van der Waals surface area contributed by atoms with Crippen molar-refractivity contribution in [2.75, 3.05) is 6.54 Å². The number of amides is 2. The molecule has 4 atom stereocenters. The lowest BCUT2D eigenvalue weighted by Crippen LogP contribution is -2.57. The van der Waals surface area contributed by atoms with Crippen molar-refractivity contribution in [1.82, 2.24) is 10.2 Å². The molecule has 2 amide bonds. The number of hydrogen-bond acceptors (Lipinski definition) is 6. The summed E-state index contributed by atoms with van der Waals surface area (Å²) in [5.74, 6) is -6.89. The lowest BCUT2D eigenvalue weighted by atomic mass is 9.77. The lowest BCUT2D eigenvalue weighted by molar-refractivity contribution is -0.156. The van der Waals surface area contributed by atoms with Gasteiger partial charge in [-0.05, 0) is 24.6 Å². The first-order valence-corrected chi connectivity index (χ1v) is 10.00. The minimum atomic E-state index is -2.16. The maximum absolute atomic E-state index is 13.1. The molecule has 1 aromatic rings. The first kappa shape index (κ1) is 21.3. The Labute approximate surface area is 174 Å². The van der Waals surface area contributed by atoms with E-state index in [0.717, 1.165) is 11.3 Å². The van der Waals surface area contributed by atoms with E-state index in [2.05, 4.69) is 21.2 Å². The summed E-state index contributed by atoms with van der Waals surface area (Å²) in [5, 5.41) is 32.3. The molecule has 0 aliphatic carbocycles. The van der Waals surface area contributed by atoms with Gasteiger partial charge in [0.15, 0.2) is 0 Å². The van der Waals surface area contributed by atoms with E-state index in [1.165, 1.54) is 12.1 Å². The summed E-state index contributed by atoms with van der Waals surface area (Å²) in [5.41, 5.74) is -1.94. The molecule has 2 aliphatic rings. The van der Waals surface area contributed by atoms with Crippen molar-refractivity contribution in [2.24, 2.45) is 11.8 Å². The van der Waals surface area contributed by atoms with Crippen LogP contribution in [0.2, 0.25) is 0 Å². The standard InChI is InChI=1S/C19H21BrN2O7/c1-2-3-6-22-16(26)13-14(17(22)27)19(18(28)29,8-12(24)25)21-15(13)10-7-9(20)4-5-11(10)23/h4-5,7,13-15,21,23H,2-3,6,8H2,1H3,(H,24,25)(H,28,29). The molecule has 10 heteroatoms. The van der Waals surface area contributed by atoms with Crippen LogP contribution in [-0.2, 0) is 19.2 Å². The number of rotatable bonds is 7. The Morgan fingerprint density at radius 2 is 1.93 bits per heavy atom. The second-order valence-electron chi connectivity index (χ2n) is 7.36. The molecule has 2 fully saturated rings. The average molecular weight is 469 g/mol. The smallest absolute Gasteiger partial charge is 0.325 e. The maximum Gasteiger partial charge on any atom is 0.325 e. The normalized spacial score (nSPS) is 28.6.